The molecule has 2 saturated heterocycles. The Hall–Kier alpha value is -2.13. The molecule has 1 N–H and O–H groups in total. The van der Waals surface area contributed by atoms with Crippen molar-refractivity contribution < 1.29 is 24.2 Å². The zero-order valence-electron chi connectivity index (χ0n) is 14.8. The summed E-state index contributed by atoms with van der Waals surface area (Å²) in [5.74, 6) is -2.36. The van der Waals surface area contributed by atoms with Crippen LogP contribution in [0, 0.1) is 5.92 Å². The third-order valence-corrected chi connectivity index (χ3v) is 6.29. The number of carbonyl (C=O) groups is 3. The fourth-order valence-electron chi connectivity index (χ4n) is 3.43. The Morgan fingerprint density at radius 1 is 1.54 bits per heavy atom. The van der Waals surface area contributed by atoms with Crippen LogP contribution in [0.2, 0.25) is 0 Å². The van der Waals surface area contributed by atoms with Gasteiger partial charge >= 0.3 is 5.97 Å². The van der Waals surface area contributed by atoms with Gasteiger partial charge in [-0.2, -0.15) is 0 Å². The van der Waals surface area contributed by atoms with Crippen molar-refractivity contribution in [1.82, 2.24) is 14.5 Å². The number of Topliss-reactive ketones (excluding diaryl/α,β-unsaturated/α-hetero) is 1. The molecular weight excluding hydrogens is 358 g/mol. The van der Waals surface area contributed by atoms with Gasteiger partial charge in [0.1, 0.15) is 24.7 Å². The van der Waals surface area contributed by atoms with Crippen molar-refractivity contribution in [2.45, 2.75) is 36.1 Å². The number of rotatable bonds is 6. The molecule has 140 valence electrons. The average molecular weight is 379 g/mol. The zero-order valence-corrected chi connectivity index (χ0v) is 15.6. The van der Waals surface area contributed by atoms with E-state index in [1.54, 1.807) is 13.2 Å². The van der Waals surface area contributed by atoms with Gasteiger partial charge in [-0.05, 0) is 13.8 Å². The van der Waals surface area contributed by atoms with Crippen LogP contribution in [0.5, 0.6) is 0 Å². The van der Waals surface area contributed by atoms with Crippen molar-refractivity contribution in [3.63, 3.8) is 0 Å². The summed E-state index contributed by atoms with van der Waals surface area (Å²) in [6.45, 7) is 7.25. The molecule has 2 fully saturated rings. The minimum atomic E-state index is -1.50. The summed E-state index contributed by atoms with van der Waals surface area (Å²) in [4.78, 5) is 42.9. The van der Waals surface area contributed by atoms with Gasteiger partial charge in [0.2, 0.25) is 11.7 Å². The maximum absolute atomic E-state index is 12.7. The Morgan fingerprint density at radius 2 is 2.23 bits per heavy atom. The van der Waals surface area contributed by atoms with E-state index >= 15 is 0 Å². The van der Waals surface area contributed by atoms with E-state index in [0.717, 1.165) is 0 Å². The van der Waals surface area contributed by atoms with Gasteiger partial charge in [-0.1, -0.05) is 12.7 Å². The number of aryl methyl sites for hydroxylation is 1. The number of fused-ring (bicyclic) bond motifs is 1. The van der Waals surface area contributed by atoms with Crippen LogP contribution in [-0.2, 0) is 21.4 Å². The van der Waals surface area contributed by atoms with E-state index in [1.165, 1.54) is 33.5 Å². The average Bonchev–Trinajstić information content (AvgIpc) is 3.10. The largest absolute Gasteiger partial charge is 0.460 e. The van der Waals surface area contributed by atoms with Crippen molar-refractivity contribution >= 4 is 29.4 Å². The predicted octanol–water partition coefficient (Wildman–Crippen LogP) is 0.371. The van der Waals surface area contributed by atoms with Crippen molar-refractivity contribution in [1.29, 1.82) is 0 Å². The van der Waals surface area contributed by atoms with E-state index in [9.17, 15) is 19.5 Å². The summed E-state index contributed by atoms with van der Waals surface area (Å²) in [5.41, 5.74) is 0. The number of thioether (sulfide) groups is 1. The van der Waals surface area contributed by atoms with Crippen LogP contribution in [0.3, 0.4) is 0 Å². The number of nitrogens with zero attached hydrogens (tertiary/aromatic N) is 3. The number of β-lactam (4-membered cyclic amide) rings is 1. The molecule has 3 heterocycles. The van der Waals surface area contributed by atoms with Crippen LogP contribution < -0.4 is 0 Å². The van der Waals surface area contributed by atoms with Gasteiger partial charge in [0.15, 0.2) is 5.82 Å². The van der Waals surface area contributed by atoms with E-state index in [-0.39, 0.29) is 12.4 Å². The quantitative estimate of drug-likeness (QED) is 0.330. The molecule has 9 heteroatoms. The molecule has 0 bridgehead atoms. The first-order valence-electron chi connectivity index (χ1n) is 8.18. The first kappa shape index (κ1) is 18.7. The Balaban J connectivity index is 1.80. The third-order valence-electron chi connectivity index (χ3n) is 4.70. The Morgan fingerprint density at radius 3 is 2.81 bits per heavy atom. The van der Waals surface area contributed by atoms with E-state index < -0.39 is 45.8 Å². The highest BCUT2D eigenvalue weighted by molar-refractivity contribution is 8.01. The summed E-state index contributed by atoms with van der Waals surface area (Å²) in [6.07, 6.45) is 3.00. The summed E-state index contributed by atoms with van der Waals surface area (Å²) in [6, 6.07) is -0.767. The molecule has 26 heavy (non-hydrogen) atoms. The zero-order chi connectivity index (χ0) is 19.2. The Bertz CT molecular complexity index is 774. The molecule has 1 amide bonds. The van der Waals surface area contributed by atoms with Crippen molar-refractivity contribution in [2.24, 2.45) is 13.0 Å². The second kappa shape index (κ2) is 6.55. The lowest BCUT2D eigenvalue weighted by molar-refractivity contribution is -0.169. The van der Waals surface area contributed by atoms with Gasteiger partial charge < -0.3 is 19.3 Å². The SMILES string of the molecule is C=CCOC(=O)[C@@H]1N2C(=O)[C@@H]([C@H](O)C(=O)c3nccn3C)[C@H]2SC1(C)C. The first-order chi connectivity index (χ1) is 12.2. The van der Waals surface area contributed by atoms with Gasteiger partial charge in [-0.25, -0.2) is 9.78 Å². The topological polar surface area (TPSA) is 102 Å². The van der Waals surface area contributed by atoms with Gasteiger partial charge in [-0.15, -0.1) is 11.8 Å². The molecule has 2 aliphatic rings. The molecule has 0 spiro atoms. The van der Waals surface area contributed by atoms with Crippen molar-refractivity contribution in [2.75, 3.05) is 6.61 Å². The Kier molecular flexibility index (Phi) is 4.70. The van der Waals surface area contributed by atoms with E-state index in [1.807, 2.05) is 13.8 Å². The van der Waals surface area contributed by atoms with Crippen LogP contribution >= 0.6 is 11.8 Å². The van der Waals surface area contributed by atoms with E-state index in [2.05, 4.69) is 11.6 Å². The van der Waals surface area contributed by atoms with Crippen LogP contribution in [-0.4, -0.2) is 66.1 Å². The second-order valence-corrected chi connectivity index (χ2v) is 8.65. The lowest BCUT2D eigenvalue weighted by Gasteiger charge is -2.45. The van der Waals surface area contributed by atoms with Gasteiger partial charge in [0, 0.05) is 24.2 Å². The molecule has 4 atom stereocenters. The highest BCUT2D eigenvalue weighted by atomic mass is 32.2. The smallest absolute Gasteiger partial charge is 0.330 e. The summed E-state index contributed by atoms with van der Waals surface area (Å²) in [5, 5.41) is 10.0. The lowest BCUT2D eigenvalue weighted by atomic mass is 9.86. The standard InChI is InChI=1S/C17H21N3O5S/c1-5-8-25-16(24)12-17(2,3)26-15-9(14(23)20(12)15)10(21)11(22)13-18-6-7-19(13)4/h5-7,9-10,12,15,21H,1,8H2,2-4H3/t9-,10+,12+,15-/m1/s1. The number of aliphatic hydroxyl groups is 1. The monoisotopic (exact) mass is 379 g/mol. The predicted molar refractivity (Wildman–Crippen MR) is 94.3 cm³/mol. The van der Waals surface area contributed by atoms with Crippen LogP contribution in [0.1, 0.15) is 24.5 Å². The molecule has 2 aliphatic heterocycles. The number of ketones is 1. The number of aromatic nitrogens is 2. The number of amides is 1. The molecule has 0 unspecified atom stereocenters. The molecule has 1 aromatic rings. The van der Waals surface area contributed by atoms with Crippen LogP contribution in [0.15, 0.2) is 25.0 Å². The molecule has 0 aromatic carbocycles. The maximum Gasteiger partial charge on any atom is 0.330 e. The molecule has 3 rings (SSSR count). The minimum absolute atomic E-state index is 0.0620. The van der Waals surface area contributed by atoms with Crippen molar-refractivity contribution in [3.8, 4) is 0 Å². The second-order valence-electron chi connectivity index (χ2n) is 6.88. The molecule has 0 saturated carbocycles. The molecular formula is C17H21N3O5S. The van der Waals surface area contributed by atoms with Gasteiger partial charge in [0.25, 0.3) is 0 Å². The van der Waals surface area contributed by atoms with Gasteiger partial charge in [0.05, 0.1) is 5.37 Å². The summed E-state index contributed by atoms with van der Waals surface area (Å²) < 4.78 is 6.02. The summed E-state index contributed by atoms with van der Waals surface area (Å²) >= 11 is 1.39. The third kappa shape index (κ3) is 2.75. The van der Waals surface area contributed by atoms with Crippen LogP contribution in [0.4, 0.5) is 0 Å². The molecule has 0 aliphatic carbocycles. The molecule has 8 nitrogen and oxygen atoms in total. The van der Waals surface area contributed by atoms with Gasteiger partial charge in [-0.3, -0.25) is 9.59 Å². The fraction of sp³-hybridized carbons (Fsp3) is 0.529. The normalized spacial score (nSPS) is 27.5. The minimum Gasteiger partial charge on any atom is -0.460 e. The first-order valence-corrected chi connectivity index (χ1v) is 9.05. The number of carbonyl (C=O) groups excluding carboxylic acids is 3. The molecule has 1 aromatic heterocycles. The van der Waals surface area contributed by atoms with Crippen molar-refractivity contribution in [3.05, 3.63) is 30.9 Å². The molecule has 0 radical (unpaired) electrons. The van der Waals surface area contributed by atoms with Crippen LogP contribution in [0.25, 0.3) is 0 Å². The number of hydrogen-bond donors (Lipinski definition) is 1. The number of imidazole rings is 1. The lowest BCUT2D eigenvalue weighted by Crippen LogP contribution is -2.66. The fourth-order valence-corrected chi connectivity index (χ4v) is 5.14. The summed E-state index contributed by atoms with van der Waals surface area (Å²) in [7, 11) is 1.64. The highest BCUT2D eigenvalue weighted by Gasteiger charge is 2.66. The number of aliphatic hydroxyl groups excluding tert-OH is 1. The highest BCUT2D eigenvalue weighted by Crippen LogP contribution is 2.54. The number of hydrogen-bond acceptors (Lipinski definition) is 7. The number of esters is 1. The number of ether oxygens (including phenoxy) is 1. The van der Waals surface area contributed by atoms with E-state index in [4.69, 9.17) is 4.74 Å². The maximum atomic E-state index is 12.7. The van der Waals surface area contributed by atoms with E-state index in [0.29, 0.717) is 0 Å². The Labute approximate surface area is 155 Å².